The quantitative estimate of drug-likeness (QED) is 0.526. The van der Waals surface area contributed by atoms with Crippen molar-refractivity contribution in [2.24, 2.45) is 0 Å². The SMILES string of the molecule is CC(Cc1ccsc1)NC(=O)Cn1cc(NC(=O)CSc2ccccc2)cn1. The highest BCUT2D eigenvalue weighted by atomic mass is 32.2. The molecule has 2 amide bonds. The summed E-state index contributed by atoms with van der Waals surface area (Å²) in [6.07, 6.45) is 4.01. The number of aromatic nitrogens is 2. The molecule has 2 heterocycles. The fourth-order valence-corrected chi connectivity index (χ4v) is 4.06. The molecule has 6 nitrogen and oxygen atoms in total. The molecule has 0 saturated heterocycles. The largest absolute Gasteiger partial charge is 0.352 e. The maximum atomic E-state index is 12.2. The standard InChI is InChI=1S/C20H22N4O2S2/c1-15(9-16-7-8-27-13-16)22-19(25)12-24-11-17(10-21-24)23-20(26)14-28-18-5-3-2-4-6-18/h2-8,10-11,13,15H,9,12,14H2,1H3,(H,22,25)(H,23,26). The molecule has 8 heteroatoms. The monoisotopic (exact) mass is 414 g/mol. The predicted octanol–water partition coefficient (Wildman–Crippen LogP) is 3.42. The van der Waals surface area contributed by atoms with Crippen LogP contribution in [0.4, 0.5) is 5.69 Å². The van der Waals surface area contributed by atoms with Crippen LogP contribution in [0.1, 0.15) is 12.5 Å². The van der Waals surface area contributed by atoms with Crippen molar-refractivity contribution in [1.82, 2.24) is 15.1 Å². The normalized spacial score (nSPS) is 11.8. The van der Waals surface area contributed by atoms with Gasteiger partial charge in [-0.3, -0.25) is 14.3 Å². The molecule has 1 atom stereocenters. The average Bonchev–Trinajstić information content (AvgIpc) is 3.33. The number of benzene rings is 1. The lowest BCUT2D eigenvalue weighted by atomic mass is 10.1. The molecule has 28 heavy (non-hydrogen) atoms. The average molecular weight is 415 g/mol. The molecule has 3 rings (SSSR count). The summed E-state index contributed by atoms with van der Waals surface area (Å²) in [6, 6.07) is 11.9. The van der Waals surface area contributed by atoms with Crippen molar-refractivity contribution < 1.29 is 9.59 Å². The van der Waals surface area contributed by atoms with Gasteiger partial charge >= 0.3 is 0 Å². The number of nitrogens with zero attached hydrogens (tertiary/aromatic N) is 2. The summed E-state index contributed by atoms with van der Waals surface area (Å²) in [7, 11) is 0. The maximum absolute atomic E-state index is 12.2. The summed E-state index contributed by atoms with van der Waals surface area (Å²) < 4.78 is 1.52. The molecule has 2 N–H and O–H groups in total. The van der Waals surface area contributed by atoms with Crippen LogP contribution in [-0.4, -0.2) is 33.4 Å². The summed E-state index contributed by atoms with van der Waals surface area (Å²) in [5, 5.41) is 14.0. The van der Waals surface area contributed by atoms with Crippen molar-refractivity contribution in [3.05, 3.63) is 65.1 Å². The first kappa shape index (κ1) is 20.2. The van der Waals surface area contributed by atoms with Crippen LogP contribution < -0.4 is 10.6 Å². The van der Waals surface area contributed by atoms with E-state index in [1.165, 1.54) is 22.0 Å². The van der Waals surface area contributed by atoms with E-state index in [1.54, 1.807) is 23.7 Å². The summed E-state index contributed by atoms with van der Waals surface area (Å²) >= 11 is 3.12. The van der Waals surface area contributed by atoms with E-state index in [1.807, 2.05) is 42.6 Å². The Morgan fingerprint density at radius 3 is 2.79 bits per heavy atom. The van der Waals surface area contributed by atoms with Crippen molar-refractivity contribution in [2.75, 3.05) is 11.1 Å². The van der Waals surface area contributed by atoms with Crippen LogP contribution in [0.25, 0.3) is 0 Å². The van der Waals surface area contributed by atoms with Crippen LogP contribution >= 0.6 is 23.1 Å². The van der Waals surface area contributed by atoms with E-state index < -0.39 is 0 Å². The van der Waals surface area contributed by atoms with Crippen LogP contribution in [0.15, 0.2) is 64.4 Å². The topological polar surface area (TPSA) is 76.0 Å². The van der Waals surface area contributed by atoms with E-state index in [0.29, 0.717) is 11.4 Å². The second-order valence-electron chi connectivity index (χ2n) is 6.38. The summed E-state index contributed by atoms with van der Waals surface area (Å²) in [5.41, 5.74) is 1.80. The molecule has 0 aliphatic rings. The van der Waals surface area contributed by atoms with Crippen LogP contribution in [0.2, 0.25) is 0 Å². The number of carbonyl (C=O) groups is 2. The van der Waals surface area contributed by atoms with E-state index >= 15 is 0 Å². The summed E-state index contributed by atoms with van der Waals surface area (Å²) in [4.78, 5) is 25.3. The Balaban J connectivity index is 1.41. The fourth-order valence-electron chi connectivity index (χ4n) is 2.66. The van der Waals surface area contributed by atoms with Crippen LogP contribution in [-0.2, 0) is 22.6 Å². The van der Waals surface area contributed by atoms with E-state index in [9.17, 15) is 9.59 Å². The third kappa shape index (κ3) is 6.54. The van der Waals surface area contributed by atoms with Crippen molar-refractivity contribution >= 4 is 40.6 Å². The van der Waals surface area contributed by atoms with Gasteiger partial charge in [0.05, 0.1) is 17.6 Å². The van der Waals surface area contributed by atoms with Gasteiger partial charge in [-0.15, -0.1) is 11.8 Å². The van der Waals surface area contributed by atoms with Gasteiger partial charge in [0.15, 0.2) is 0 Å². The third-order valence-corrected chi connectivity index (χ3v) is 5.61. The molecular formula is C20H22N4O2S2. The van der Waals surface area contributed by atoms with Crippen molar-refractivity contribution in [1.29, 1.82) is 0 Å². The van der Waals surface area contributed by atoms with Crippen molar-refractivity contribution in [2.45, 2.75) is 30.8 Å². The number of carbonyl (C=O) groups excluding carboxylic acids is 2. The second-order valence-corrected chi connectivity index (χ2v) is 8.21. The Bertz CT molecular complexity index is 894. The smallest absolute Gasteiger partial charge is 0.241 e. The number of rotatable bonds is 9. The lowest BCUT2D eigenvalue weighted by Gasteiger charge is -2.13. The molecule has 2 aromatic heterocycles. The first-order chi connectivity index (χ1) is 13.6. The van der Waals surface area contributed by atoms with E-state index in [0.717, 1.165) is 11.3 Å². The van der Waals surface area contributed by atoms with Gasteiger partial charge in [-0.2, -0.15) is 16.4 Å². The lowest BCUT2D eigenvalue weighted by molar-refractivity contribution is -0.122. The molecule has 0 radical (unpaired) electrons. The fraction of sp³-hybridized carbons (Fsp3) is 0.250. The van der Waals surface area contributed by atoms with E-state index in [-0.39, 0.29) is 24.4 Å². The van der Waals surface area contributed by atoms with Gasteiger partial charge in [0, 0.05) is 17.1 Å². The van der Waals surface area contributed by atoms with Crippen molar-refractivity contribution in [3.8, 4) is 0 Å². The molecule has 1 aromatic carbocycles. The second kappa shape index (κ2) is 10.1. The molecule has 0 aliphatic carbocycles. The van der Waals surface area contributed by atoms with Gasteiger partial charge in [-0.05, 0) is 47.9 Å². The van der Waals surface area contributed by atoms with Crippen LogP contribution in [0.5, 0.6) is 0 Å². The van der Waals surface area contributed by atoms with Crippen LogP contribution in [0, 0.1) is 0 Å². The van der Waals surface area contributed by atoms with E-state index in [2.05, 4.69) is 27.2 Å². The molecule has 1 unspecified atom stereocenters. The molecule has 0 saturated carbocycles. The van der Waals surface area contributed by atoms with Crippen LogP contribution in [0.3, 0.4) is 0 Å². The first-order valence-corrected chi connectivity index (χ1v) is 10.8. The zero-order valence-electron chi connectivity index (χ0n) is 15.5. The number of thiophene rings is 1. The van der Waals surface area contributed by atoms with E-state index in [4.69, 9.17) is 0 Å². The van der Waals surface area contributed by atoms with Gasteiger partial charge in [-0.25, -0.2) is 0 Å². The molecule has 3 aromatic rings. The molecule has 0 spiro atoms. The van der Waals surface area contributed by atoms with Gasteiger partial charge in [-0.1, -0.05) is 18.2 Å². The Morgan fingerprint density at radius 2 is 2.04 bits per heavy atom. The number of thioether (sulfide) groups is 1. The molecular weight excluding hydrogens is 392 g/mol. The summed E-state index contributed by atoms with van der Waals surface area (Å²) in [5.74, 6) is 0.0982. The third-order valence-electron chi connectivity index (χ3n) is 3.87. The molecule has 0 bridgehead atoms. The highest BCUT2D eigenvalue weighted by Gasteiger charge is 2.11. The van der Waals surface area contributed by atoms with Crippen molar-refractivity contribution in [3.63, 3.8) is 0 Å². The zero-order valence-corrected chi connectivity index (χ0v) is 17.1. The highest BCUT2D eigenvalue weighted by molar-refractivity contribution is 8.00. The molecule has 146 valence electrons. The molecule has 0 aliphatic heterocycles. The predicted molar refractivity (Wildman–Crippen MR) is 114 cm³/mol. The molecule has 0 fully saturated rings. The first-order valence-electron chi connectivity index (χ1n) is 8.89. The van der Waals surface area contributed by atoms with Gasteiger partial charge in [0.1, 0.15) is 6.54 Å². The summed E-state index contributed by atoms with van der Waals surface area (Å²) in [6.45, 7) is 2.09. The Morgan fingerprint density at radius 1 is 1.21 bits per heavy atom. The Hall–Kier alpha value is -2.58. The Labute approximate surface area is 172 Å². The minimum Gasteiger partial charge on any atom is -0.352 e. The number of hydrogen-bond donors (Lipinski definition) is 2. The minimum atomic E-state index is -0.109. The van der Waals surface area contributed by atoms with Gasteiger partial charge in [0.25, 0.3) is 0 Å². The zero-order chi connectivity index (χ0) is 19.8. The number of hydrogen-bond acceptors (Lipinski definition) is 5. The maximum Gasteiger partial charge on any atom is 0.241 e. The number of anilines is 1. The van der Waals surface area contributed by atoms with Gasteiger partial charge in [0.2, 0.25) is 11.8 Å². The lowest BCUT2D eigenvalue weighted by Crippen LogP contribution is -2.36. The Kier molecular flexibility index (Phi) is 7.27. The minimum absolute atomic E-state index is 0.0480. The number of amides is 2. The van der Waals surface area contributed by atoms with Gasteiger partial charge < -0.3 is 10.6 Å². The highest BCUT2D eigenvalue weighted by Crippen LogP contribution is 2.17. The number of nitrogens with one attached hydrogen (secondary N) is 2.